The molecule has 0 spiro atoms. The number of methoxy groups -OCH3 is 1. The number of hydrogen-bond acceptors (Lipinski definition) is 5. The van der Waals surface area contributed by atoms with Crippen LogP contribution in [0.2, 0.25) is 0 Å². The van der Waals surface area contributed by atoms with Crippen molar-refractivity contribution in [1.29, 1.82) is 0 Å². The summed E-state index contributed by atoms with van der Waals surface area (Å²) in [7, 11) is 1.58. The van der Waals surface area contributed by atoms with E-state index in [1.165, 1.54) is 0 Å². The Kier molecular flexibility index (Phi) is 6.58. The zero-order valence-electron chi connectivity index (χ0n) is 19.7. The molecule has 0 saturated heterocycles. The largest absolute Gasteiger partial charge is 0.544 e. The number of carbonyl (C=O) groups excluding carboxylic acids is 1. The van der Waals surface area contributed by atoms with E-state index in [-0.39, 0.29) is 5.78 Å². The van der Waals surface area contributed by atoms with Crippen LogP contribution in [0.3, 0.4) is 0 Å². The lowest BCUT2D eigenvalue weighted by Crippen LogP contribution is -2.47. The molecule has 178 valence electrons. The zero-order chi connectivity index (χ0) is 24.9. The van der Waals surface area contributed by atoms with E-state index in [0.29, 0.717) is 22.6 Å². The van der Waals surface area contributed by atoms with Gasteiger partial charge in [0, 0.05) is 28.8 Å². The van der Waals surface area contributed by atoms with Gasteiger partial charge in [0.25, 0.3) is 0 Å². The van der Waals surface area contributed by atoms with E-state index in [1.807, 2.05) is 108 Å². The van der Waals surface area contributed by atoms with E-state index in [2.05, 4.69) is 5.16 Å². The topological polar surface area (TPSA) is 79.3 Å². The van der Waals surface area contributed by atoms with Crippen LogP contribution in [0.25, 0.3) is 11.3 Å². The van der Waals surface area contributed by atoms with Crippen LogP contribution in [-0.4, -0.2) is 18.0 Å². The van der Waals surface area contributed by atoms with Crippen LogP contribution in [0, 0.1) is 0 Å². The van der Waals surface area contributed by atoms with Gasteiger partial charge in [-0.15, -0.1) is 0 Å². The third-order valence-corrected chi connectivity index (χ3v) is 6.21. The van der Waals surface area contributed by atoms with Gasteiger partial charge in [0.1, 0.15) is 5.75 Å². The maximum absolute atomic E-state index is 14.2. The van der Waals surface area contributed by atoms with Crippen molar-refractivity contribution >= 4 is 5.78 Å². The SMILES string of the molecule is COc1cccc(C(c2c(-c3ccccc3)noc2[O-])C(C(=O)c2ccccc2)[n+]2ccccc2)c1. The Morgan fingerprint density at radius 1 is 0.889 bits per heavy atom. The lowest BCUT2D eigenvalue weighted by atomic mass is 9.80. The summed E-state index contributed by atoms with van der Waals surface area (Å²) in [6, 6.07) is 30.7. The summed E-state index contributed by atoms with van der Waals surface area (Å²) in [5.41, 5.74) is 2.74. The average Bonchev–Trinajstić information content (AvgIpc) is 3.33. The third kappa shape index (κ3) is 4.49. The molecule has 5 rings (SSSR count). The summed E-state index contributed by atoms with van der Waals surface area (Å²) in [4.78, 5) is 14.2. The molecule has 36 heavy (non-hydrogen) atoms. The molecular weight excluding hydrogens is 452 g/mol. The fourth-order valence-electron chi connectivity index (χ4n) is 4.53. The Hall–Kier alpha value is -4.71. The highest BCUT2D eigenvalue weighted by atomic mass is 16.5. The third-order valence-electron chi connectivity index (χ3n) is 6.21. The van der Waals surface area contributed by atoms with Crippen molar-refractivity contribution in [3.05, 3.63) is 132 Å². The second-order valence-corrected chi connectivity index (χ2v) is 8.35. The molecule has 0 amide bonds. The Balaban J connectivity index is 1.79. The summed E-state index contributed by atoms with van der Waals surface area (Å²) >= 11 is 0. The van der Waals surface area contributed by atoms with Crippen molar-refractivity contribution in [2.75, 3.05) is 7.11 Å². The highest BCUT2D eigenvalue weighted by molar-refractivity contribution is 5.99. The number of Topliss-reactive ketones (excluding diaryl/α,β-unsaturated/α-hetero) is 1. The van der Waals surface area contributed by atoms with Gasteiger partial charge in [-0.1, -0.05) is 78.9 Å². The molecule has 0 aliphatic carbocycles. The summed E-state index contributed by atoms with van der Waals surface area (Å²) in [6.45, 7) is 0. The van der Waals surface area contributed by atoms with Gasteiger partial charge in [0.15, 0.2) is 12.4 Å². The second kappa shape index (κ2) is 10.3. The quantitative estimate of drug-likeness (QED) is 0.233. The molecule has 0 fully saturated rings. The molecule has 6 heteroatoms. The van der Waals surface area contributed by atoms with E-state index >= 15 is 0 Å². The van der Waals surface area contributed by atoms with Crippen LogP contribution in [0.5, 0.6) is 11.7 Å². The van der Waals surface area contributed by atoms with E-state index in [4.69, 9.17) is 9.26 Å². The van der Waals surface area contributed by atoms with Crippen LogP contribution < -0.4 is 14.4 Å². The van der Waals surface area contributed by atoms with Gasteiger partial charge in [0.05, 0.1) is 24.7 Å². The van der Waals surface area contributed by atoms with E-state index in [9.17, 15) is 9.90 Å². The van der Waals surface area contributed by atoms with Crippen molar-refractivity contribution in [1.82, 2.24) is 5.16 Å². The standard InChI is InChI=1S/C30H24N2O4/c1-35-24-17-11-16-23(20-24)25(26-27(31-36-30(26)34)21-12-5-2-6-13-21)28(32-18-9-4-10-19-32)29(33)22-14-7-3-8-15-22/h2-20,25,28H,1H3. The zero-order valence-corrected chi connectivity index (χ0v) is 19.7. The molecule has 0 N–H and O–H groups in total. The fourth-order valence-corrected chi connectivity index (χ4v) is 4.53. The van der Waals surface area contributed by atoms with Gasteiger partial charge in [0.2, 0.25) is 11.8 Å². The van der Waals surface area contributed by atoms with Crippen LogP contribution in [0.15, 0.2) is 120 Å². The number of pyridine rings is 1. The monoisotopic (exact) mass is 476 g/mol. The minimum atomic E-state index is -0.796. The normalized spacial score (nSPS) is 12.6. The molecule has 0 aliphatic rings. The van der Waals surface area contributed by atoms with Crippen LogP contribution in [0.1, 0.15) is 33.4 Å². The summed E-state index contributed by atoms with van der Waals surface area (Å²) in [5, 5.41) is 17.4. The number of ether oxygens (including phenoxy) is 1. The van der Waals surface area contributed by atoms with Gasteiger partial charge in [-0.2, -0.15) is 9.72 Å². The molecule has 2 atom stereocenters. The maximum Gasteiger partial charge on any atom is 0.231 e. The molecule has 6 nitrogen and oxygen atoms in total. The maximum atomic E-state index is 14.2. The average molecular weight is 477 g/mol. The van der Waals surface area contributed by atoms with Gasteiger partial charge < -0.3 is 14.4 Å². The van der Waals surface area contributed by atoms with Crippen LogP contribution in [-0.2, 0) is 0 Å². The number of carbonyl (C=O) groups is 1. The number of ketones is 1. The van der Waals surface area contributed by atoms with Gasteiger partial charge in [-0.3, -0.25) is 4.79 Å². The fraction of sp³-hybridized carbons (Fsp3) is 0.100. The van der Waals surface area contributed by atoms with Crippen molar-refractivity contribution in [2.24, 2.45) is 0 Å². The lowest BCUT2D eigenvalue weighted by molar-refractivity contribution is -0.710. The minimum absolute atomic E-state index is 0.140. The Bertz CT molecular complexity index is 1450. The Labute approximate surface area is 209 Å². The van der Waals surface area contributed by atoms with Crippen molar-refractivity contribution < 1.29 is 23.7 Å². The Morgan fingerprint density at radius 3 is 2.25 bits per heavy atom. The summed E-state index contributed by atoms with van der Waals surface area (Å²) in [5.74, 6) is -0.816. The van der Waals surface area contributed by atoms with Crippen LogP contribution in [0.4, 0.5) is 0 Å². The van der Waals surface area contributed by atoms with Crippen molar-refractivity contribution in [3.8, 4) is 23.0 Å². The Morgan fingerprint density at radius 2 is 1.56 bits per heavy atom. The molecule has 2 unspecified atom stereocenters. The predicted molar refractivity (Wildman–Crippen MR) is 133 cm³/mol. The van der Waals surface area contributed by atoms with Gasteiger partial charge in [-0.25, -0.2) is 0 Å². The number of nitrogens with zero attached hydrogens (tertiary/aromatic N) is 2. The highest BCUT2D eigenvalue weighted by Gasteiger charge is 2.41. The molecule has 0 bridgehead atoms. The smallest absolute Gasteiger partial charge is 0.231 e. The van der Waals surface area contributed by atoms with Gasteiger partial charge >= 0.3 is 0 Å². The first-order valence-electron chi connectivity index (χ1n) is 11.6. The molecular formula is C30H24N2O4. The minimum Gasteiger partial charge on any atom is -0.544 e. The second-order valence-electron chi connectivity index (χ2n) is 8.35. The predicted octanol–water partition coefficient (Wildman–Crippen LogP) is 4.97. The molecule has 3 aromatic carbocycles. The number of rotatable bonds is 8. The van der Waals surface area contributed by atoms with E-state index in [1.54, 1.807) is 19.2 Å². The molecule has 0 saturated carbocycles. The molecule has 2 aromatic heterocycles. The molecule has 0 radical (unpaired) electrons. The number of benzene rings is 3. The number of hydrogen-bond donors (Lipinski definition) is 0. The summed E-state index contributed by atoms with van der Waals surface area (Å²) in [6.07, 6.45) is 3.66. The van der Waals surface area contributed by atoms with Gasteiger partial charge in [-0.05, 0) is 17.7 Å². The first-order chi connectivity index (χ1) is 17.7. The van der Waals surface area contributed by atoms with E-state index in [0.717, 1.165) is 11.1 Å². The summed E-state index contributed by atoms with van der Waals surface area (Å²) < 4.78 is 12.5. The van der Waals surface area contributed by atoms with Crippen molar-refractivity contribution in [2.45, 2.75) is 12.0 Å². The lowest BCUT2D eigenvalue weighted by Gasteiger charge is -2.25. The molecule has 0 aliphatic heterocycles. The molecule has 2 heterocycles. The first kappa shape index (κ1) is 23.1. The van der Waals surface area contributed by atoms with Crippen molar-refractivity contribution in [3.63, 3.8) is 0 Å². The molecule has 5 aromatic rings. The van der Waals surface area contributed by atoms with Crippen LogP contribution >= 0.6 is 0 Å². The highest BCUT2D eigenvalue weighted by Crippen LogP contribution is 2.43. The van der Waals surface area contributed by atoms with E-state index < -0.39 is 17.9 Å². The first-order valence-corrected chi connectivity index (χ1v) is 11.6. The number of aromatic nitrogens is 2.